The second-order valence-corrected chi connectivity index (χ2v) is 11.5. The van der Waals surface area contributed by atoms with E-state index in [1.54, 1.807) is 44.4 Å². The Hall–Kier alpha value is -5.43. The fraction of sp³-hybridized carbons (Fsp3) is 0.265. The molecule has 0 atom stereocenters. The molecule has 11 nitrogen and oxygen atoms in total. The van der Waals surface area contributed by atoms with Crippen LogP contribution in [0.3, 0.4) is 0 Å². The Bertz CT molecular complexity index is 1990. The summed E-state index contributed by atoms with van der Waals surface area (Å²) < 4.78 is 29.9. The topological polar surface area (TPSA) is 126 Å². The molecule has 0 aliphatic heterocycles. The van der Waals surface area contributed by atoms with Crippen molar-refractivity contribution in [2.45, 2.75) is 26.4 Å². The van der Waals surface area contributed by atoms with Gasteiger partial charge in [0, 0.05) is 48.7 Å². The molecule has 0 aliphatic rings. The maximum atomic E-state index is 13.7. The summed E-state index contributed by atoms with van der Waals surface area (Å²) in [6.07, 6.45) is 2.54. The normalized spacial score (nSPS) is 11.2. The molecule has 0 unspecified atom stereocenters. The number of anilines is 2. The maximum absolute atomic E-state index is 13.7. The zero-order chi connectivity index (χ0) is 33.7. The van der Waals surface area contributed by atoms with Crippen molar-refractivity contribution >= 4 is 34.4 Å². The average molecular weight is 643 g/mol. The van der Waals surface area contributed by atoms with Gasteiger partial charge in [0.25, 0.3) is 17.4 Å². The van der Waals surface area contributed by atoms with Crippen LogP contribution in [0.4, 0.5) is 20.4 Å². The molecule has 5 rings (SSSR count). The molecule has 0 bridgehead atoms. The number of nitrogens with one attached hydrogen (secondary N) is 3. The van der Waals surface area contributed by atoms with Crippen LogP contribution >= 0.6 is 0 Å². The van der Waals surface area contributed by atoms with Crippen LogP contribution in [-0.2, 0) is 20.1 Å². The number of rotatable bonds is 12. The lowest BCUT2D eigenvalue weighted by atomic mass is 10.1. The molecule has 3 aromatic carbocycles. The molecule has 0 spiro atoms. The van der Waals surface area contributed by atoms with Crippen molar-refractivity contribution in [2.24, 2.45) is 7.05 Å². The summed E-state index contributed by atoms with van der Waals surface area (Å²) in [4.78, 5) is 49.7. The minimum absolute atomic E-state index is 0.0245. The van der Waals surface area contributed by atoms with Crippen molar-refractivity contribution in [3.05, 3.63) is 117 Å². The third kappa shape index (κ3) is 7.87. The van der Waals surface area contributed by atoms with Crippen molar-refractivity contribution < 1.29 is 18.4 Å². The maximum Gasteiger partial charge on any atom is 0.280 e. The van der Waals surface area contributed by atoms with E-state index >= 15 is 0 Å². The lowest BCUT2D eigenvalue weighted by molar-refractivity contribution is 0.0942. The summed E-state index contributed by atoms with van der Waals surface area (Å²) in [5.74, 6) is -2.27. The number of aromatic nitrogens is 4. The van der Waals surface area contributed by atoms with Gasteiger partial charge in [-0.1, -0.05) is 12.1 Å². The number of benzene rings is 3. The third-order valence-electron chi connectivity index (χ3n) is 7.77. The molecule has 0 fully saturated rings. The van der Waals surface area contributed by atoms with Crippen LogP contribution < -0.4 is 21.5 Å². The molecule has 0 radical (unpaired) electrons. The Morgan fingerprint density at radius 2 is 1.66 bits per heavy atom. The summed E-state index contributed by atoms with van der Waals surface area (Å²) in [6.45, 7) is 3.28. The molecule has 2 amide bonds. The Morgan fingerprint density at radius 1 is 0.915 bits per heavy atom. The van der Waals surface area contributed by atoms with Gasteiger partial charge in [-0.25, -0.2) is 23.4 Å². The number of hydrogen-bond donors (Lipinski definition) is 3. The number of nitrogens with zero attached hydrogens (tertiary/aromatic N) is 5. The molecule has 0 saturated carbocycles. The Balaban J connectivity index is 1.19. The number of carbonyl (C=O) groups excluding carboxylic acids is 2. The summed E-state index contributed by atoms with van der Waals surface area (Å²) in [7, 11) is 5.62. The van der Waals surface area contributed by atoms with E-state index in [-0.39, 0.29) is 24.6 Å². The second-order valence-electron chi connectivity index (χ2n) is 11.5. The van der Waals surface area contributed by atoms with Crippen LogP contribution in [0.25, 0.3) is 10.9 Å². The van der Waals surface area contributed by atoms with Crippen LogP contribution in [0, 0.1) is 18.6 Å². The quantitative estimate of drug-likeness (QED) is 0.175. The molecule has 0 aliphatic carbocycles. The van der Waals surface area contributed by atoms with Gasteiger partial charge in [0.1, 0.15) is 5.56 Å². The zero-order valence-electron chi connectivity index (χ0n) is 26.6. The lowest BCUT2D eigenvalue weighted by Crippen LogP contribution is -2.30. The molecular formula is C34H36F2N8O3. The Labute approximate surface area is 270 Å². The van der Waals surface area contributed by atoms with Crippen LogP contribution in [0.15, 0.2) is 71.7 Å². The van der Waals surface area contributed by atoms with Gasteiger partial charge in [0.05, 0.1) is 12.1 Å². The monoisotopic (exact) mass is 642 g/mol. The van der Waals surface area contributed by atoms with Gasteiger partial charge in [-0.2, -0.15) is 0 Å². The summed E-state index contributed by atoms with van der Waals surface area (Å²) in [5, 5.41) is 9.63. The Kier molecular flexibility index (Phi) is 10.0. The molecule has 13 heteroatoms. The van der Waals surface area contributed by atoms with Crippen LogP contribution in [-0.4, -0.2) is 63.2 Å². The van der Waals surface area contributed by atoms with Gasteiger partial charge in [0.15, 0.2) is 11.6 Å². The smallest absolute Gasteiger partial charge is 0.280 e. The van der Waals surface area contributed by atoms with Crippen LogP contribution in [0.2, 0.25) is 0 Å². The van der Waals surface area contributed by atoms with Gasteiger partial charge in [-0.3, -0.25) is 19.1 Å². The fourth-order valence-corrected chi connectivity index (χ4v) is 5.07. The van der Waals surface area contributed by atoms with Crippen molar-refractivity contribution in [3.63, 3.8) is 0 Å². The van der Waals surface area contributed by atoms with Crippen molar-refractivity contribution in [3.8, 4) is 0 Å². The van der Waals surface area contributed by atoms with Gasteiger partial charge in [0.2, 0.25) is 5.95 Å². The first-order valence-corrected chi connectivity index (χ1v) is 15.0. The molecular weight excluding hydrogens is 606 g/mol. The van der Waals surface area contributed by atoms with E-state index in [9.17, 15) is 23.2 Å². The lowest BCUT2D eigenvalue weighted by Gasteiger charge is -2.10. The fourth-order valence-electron chi connectivity index (χ4n) is 5.07. The van der Waals surface area contributed by atoms with E-state index in [4.69, 9.17) is 0 Å². The zero-order valence-corrected chi connectivity index (χ0v) is 26.6. The number of carbonyl (C=O) groups is 2. The van der Waals surface area contributed by atoms with E-state index in [1.807, 2.05) is 32.3 Å². The second kappa shape index (κ2) is 14.3. The Morgan fingerprint density at radius 3 is 2.38 bits per heavy atom. The third-order valence-corrected chi connectivity index (χ3v) is 7.77. The van der Waals surface area contributed by atoms with E-state index in [0.717, 1.165) is 41.7 Å². The first-order valence-electron chi connectivity index (χ1n) is 15.0. The number of hydrogen-bond acceptors (Lipinski definition) is 7. The molecule has 244 valence electrons. The number of amides is 2. The largest absolute Gasteiger partial charge is 0.352 e. The van der Waals surface area contributed by atoms with Gasteiger partial charge in [-0.15, -0.1) is 0 Å². The number of halogens is 2. The molecule has 2 aromatic heterocycles. The van der Waals surface area contributed by atoms with E-state index in [1.165, 1.54) is 15.4 Å². The molecule has 2 heterocycles. The first kappa shape index (κ1) is 32.9. The number of fused-ring (bicyclic) bond motifs is 1. The van der Waals surface area contributed by atoms with Gasteiger partial charge < -0.3 is 20.9 Å². The predicted molar refractivity (Wildman–Crippen MR) is 176 cm³/mol. The van der Waals surface area contributed by atoms with E-state index in [0.29, 0.717) is 34.8 Å². The van der Waals surface area contributed by atoms with E-state index in [2.05, 4.69) is 30.8 Å². The molecule has 5 aromatic rings. The molecule has 3 N–H and O–H groups in total. The minimum atomic E-state index is -1.01. The van der Waals surface area contributed by atoms with Gasteiger partial charge in [-0.05, 0) is 93.6 Å². The van der Waals surface area contributed by atoms with E-state index < -0.39 is 23.1 Å². The average Bonchev–Trinajstić information content (AvgIpc) is 3.26. The highest BCUT2D eigenvalue weighted by Crippen LogP contribution is 2.19. The molecule has 47 heavy (non-hydrogen) atoms. The van der Waals surface area contributed by atoms with Crippen LogP contribution in [0.5, 0.6) is 0 Å². The highest BCUT2D eigenvalue weighted by molar-refractivity contribution is 5.95. The minimum Gasteiger partial charge on any atom is -0.352 e. The predicted octanol–water partition coefficient (Wildman–Crippen LogP) is 4.12. The highest BCUT2D eigenvalue weighted by Gasteiger charge is 2.21. The summed E-state index contributed by atoms with van der Waals surface area (Å²) in [6, 6.07) is 16.0. The summed E-state index contributed by atoms with van der Waals surface area (Å²) in [5.41, 5.74) is 3.03. The van der Waals surface area contributed by atoms with Gasteiger partial charge >= 0.3 is 0 Å². The standard InChI is InChI=1S/C34H36F2N8O3/c1-21-30(33(47)44(43(21)4)20-23-6-12-27(35)28(36)17-23)32(46)38-18-22-7-13-29-25(16-22)19-39-34(41-29)40-26-10-8-24(9-11-26)31(45)37-14-5-15-42(2)3/h6-13,16-17,19H,5,14-15,18,20H2,1-4H3,(H,37,45)(H,38,46)(H,39,40,41). The first-order chi connectivity index (χ1) is 22.5. The highest BCUT2D eigenvalue weighted by atomic mass is 19.2. The van der Waals surface area contributed by atoms with Crippen molar-refractivity contribution in [1.29, 1.82) is 0 Å². The SMILES string of the molecule is Cc1c(C(=O)NCc2ccc3nc(Nc4ccc(C(=O)NCCCN(C)C)cc4)ncc3c2)c(=O)n(Cc2ccc(F)c(F)c2)n1C. The summed E-state index contributed by atoms with van der Waals surface area (Å²) >= 11 is 0. The van der Waals surface area contributed by atoms with Crippen molar-refractivity contribution in [2.75, 3.05) is 32.5 Å². The van der Waals surface area contributed by atoms with Crippen molar-refractivity contribution in [1.82, 2.24) is 34.9 Å². The van der Waals surface area contributed by atoms with Crippen LogP contribution in [0.1, 0.15) is 44.0 Å². The molecule has 0 saturated heterocycles.